The van der Waals surface area contributed by atoms with E-state index < -0.39 is 26.9 Å². The standard InChI is InChI=1S/C11H11FO4S/c12-8-2-1-3-9(6-8)17(15,16)10(11(13)14)7-4-5-7/h1-3,6-7,10H,4-5H2,(H,13,14). The molecule has 0 bridgehead atoms. The van der Waals surface area contributed by atoms with Crippen molar-refractivity contribution in [2.45, 2.75) is 23.0 Å². The largest absolute Gasteiger partial charge is 0.480 e. The summed E-state index contributed by atoms with van der Waals surface area (Å²) in [6, 6.07) is 4.45. The Labute approximate surface area is 98.0 Å². The van der Waals surface area contributed by atoms with E-state index in [0.29, 0.717) is 12.8 Å². The molecule has 0 saturated heterocycles. The lowest BCUT2D eigenvalue weighted by Crippen LogP contribution is -2.32. The van der Waals surface area contributed by atoms with Gasteiger partial charge in [0.15, 0.2) is 15.1 Å². The Hall–Kier alpha value is -1.43. The maximum Gasteiger partial charge on any atom is 0.322 e. The van der Waals surface area contributed by atoms with Crippen LogP contribution in [0.4, 0.5) is 4.39 Å². The number of sulfone groups is 1. The van der Waals surface area contributed by atoms with Crippen LogP contribution in [0.15, 0.2) is 29.2 Å². The van der Waals surface area contributed by atoms with Crippen molar-refractivity contribution in [2.75, 3.05) is 0 Å². The van der Waals surface area contributed by atoms with Crippen LogP contribution >= 0.6 is 0 Å². The van der Waals surface area contributed by atoms with Crippen LogP contribution in [0.5, 0.6) is 0 Å². The van der Waals surface area contributed by atoms with Gasteiger partial charge in [-0.2, -0.15) is 0 Å². The van der Waals surface area contributed by atoms with E-state index in [2.05, 4.69) is 0 Å². The van der Waals surface area contributed by atoms with Crippen molar-refractivity contribution in [1.82, 2.24) is 0 Å². The highest BCUT2D eigenvalue weighted by molar-refractivity contribution is 7.92. The molecule has 0 amide bonds. The summed E-state index contributed by atoms with van der Waals surface area (Å²) < 4.78 is 37.1. The minimum absolute atomic E-state index is 0.267. The van der Waals surface area contributed by atoms with E-state index in [4.69, 9.17) is 5.11 Å². The molecule has 2 rings (SSSR count). The fourth-order valence-corrected chi connectivity index (χ4v) is 3.66. The molecule has 1 aromatic carbocycles. The van der Waals surface area contributed by atoms with Crippen LogP contribution in [0, 0.1) is 11.7 Å². The number of benzene rings is 1. The van der Waals surface area contributed by atoms with Gasteiger partial charge in [-0.3, -0.25) is 4.79 Å². The van der Waals surface area contributed by atoms with Gasteiger partial charge in [-0.05, 0) is 37.0 Å². The fraction of sp³-hybridized carbons (Fsp3) is 0.364. The second-order valence-electron chi connectivity index (χ2n) is 4.10. The van der Waals surface area contributed by atoms with Gasteiger partial charge in [0.25, 0.3) is 0 Å². The van der Waals surface area contributed by atoms with Gasteiger partial charge < -0.3 is 5.11 Å². The average Bonchev–Trinajstić information content (AvgIpc) is 3.01. The van der Waals surface area contributed by atoms with Crippen LogP contribution in [0.1, 0.15) is 12.8 Å². The smallest absolute Gasteiger partial charge is 0.322 e. The maximum absolute atomic E-state index is 13.0. The van der Waals surface area contributed by atoms with Crippen molar-refractivity contribution in [1.29, 1.82) is 0 Å². The van der Waals surface area contributed by atoms with Gasteiger partial charge in [0.2, 0.25) is 0 Å². The highest BCUT2D eigenvalue weighted by Crippen LogP contribution is 2.38. The van der Waals surface area contributed by atoms with Crippen molar-refractivity contribution in [3.63, 3.8) is 0 Å². The van der Waals surface area contributed by atoms with Gasteiger partial charge in [0.1, 0.15) is 5.82 Å². The zero-order chi connectivity index (χ0) is 12.6. The number of carboxylic acid groups (broad SMARTS) is 1. The summed E-state index contributed by atoms with van der Waals surface area (Å²) in [4.78, 5) is 10.7. The third kappa shape index (κ3) is 2.31. The Morgan fingerprint density at radius 1 is 1.41 bits per heavy atom. The van der Waals surface area contributed by atoms with Crippen molar-refractivity contribution < 1.29 is 22.7 Å². The SMILES string of the molecule is O=C(O)C(C1CC1)S(=O)(=O)c1cccc(F)c1. The zero-order valence-corrected chi connectivity index (χ0v) is 9.65. The van der Waals surface area contributed by atoms with Crippen LogP contribution in [0.25, 0.3) is 0 Å². The Balaban J connectivity index is 2.44. The molecular formula is C11H11FO4S. The Morgan fingerprint density at radius 2 is 2.06 bits per heavy atom. The number of rotatable bonds is 4. The van der Waals surface area contributed by atoms with Gasteiger partial charge in [-0.15, -0.1) is 0 Å². The summed E-state index contributed by atoms with van der Waals surface area (Å²) in [5.41, 5.74) is 0. The molecular weight excluding hydrogens is 247 g/mol. The normalized spacial score (nSPS) is 17.7. The first-order valence-electron chi connectivity index (χ1n) is 5.15. The molecule has 0 aromatic heterocycles. The van der Waals surface area contributed by atoms with Crippen molar-refractivity contribution in [3.8, 4) is 0 Å². The first-order chi connectivity index (χ1) is 7.93. The van der Waals surface area contributed by atoms with E-state index in [1.165, 1.54) is 12.1 Å². The van der Waals surface area contributed by atoms with E-state index in [9.17, 15) is 17.6 Å². The molecule has 92 valence electrons. The molecule has 0 spiro atoms. The van der Waals surface area contributed by atoms with Crippen LogP contribution in [-0.4, -0.2) is 24.7 Å². The fourth-order valence-electron chi connectivity index (χ4n) is 1.78. The van der Waals surface area contributed by atoms with Gasteiger partial charge >= 0.3 is 5.97 Å². The predicted octanol–water partition coefficient (Wildman–Crippen LogP) is 1.46. The number of carbonyl (C=O) groups is 1. The molecule has 6 heteroatoms. The van der Waals surface area contributed by atoms with Crippen LogP contribution < -0.4 is 0 Å². The predicted molar refractivity (Wildman–Crippen MR) is 57.7 cm³/mol. The molecule has 1 saturated carbocycles. The Bertz CT molecular complexity index is 548. The first kappa shape index (κ1) is 12.0. The van der Waals surface area contributed by atoms with Crippen LogP contribution in [0.3, 0.4) is 0 Å². The summed E-state index contributed by atoms with van der Waals surface area (Å²) in [5, 5.41) is 7.52. The molecule has 1 aromatic rings. The summed E-state index contributed by atoms with van der Waals surface area (Å²) >= 11 is 0. The van der Waals surface area contributed by atoms with Crippen LogP contribution in [-0.2, 0) is 14.6 Å². The second-order valence-corrected chi connectivity index (χ2v) is 6.17. The molecule has 4 nitrogen and oxygen atoms in total. The van der Waals surface area contributed by atoms with Gasteiger partial charge in [-0.1, -0.05) is 6.07 Å². The van der Waals surface area contributed by atoms with Crippen molar-refractivity contribution in [2.24, 2.45) is 5.92 Å². The van der Waals surface area contributed by atoms with E-state index in [1.807, 2.05) is 0 Å². The molecule has 17 heavy (non-hydrogen) atoms. The first-order valence-corrected chi connectivity index (χ1v) is 6.70. The monoisotopic (exact) mass is 258 g/mol. The lowest BCUT2D eigenvalue weighted by molar-refractivity contribution is -0.136. The average molecular weight is 258 g/mol. The number of hydrogen-bond donors (Lipinski definition) is 1. The molecule has 1 aliphatic carbocycles. The van der Waals surface area contributed by atoms with Gasteiger partial charge in [0.05, 0.1) is 4.90 Å². The highest BCUT2D eigenvalue weighted by atomic mass is 32.2. The molecule has 1 aliphatic rings. The van der Waals surface area contributed by atoms with Gasteiger partial charge in [0, 0.05) is 0 Å². The number of hydrogen-bond acceptors (Lipinski definition) is 3. The third-order valence-corrected chi connectivity index (χ3v) is 4.92. The maximum atomic E-state index is 13.0. The van der Waals surface area contributed by atoms with Crippen molar-refractivity contribution >= 4 is 15.8 Å². The van der Waals surface area contributed by atoms with E-state index in [0.717, 1.165) is 12.1 Å². The lowest BCUT2D eigenvalue weighted by atomic mass is 10.3. The summed E-state index contributed by atoms with van der Waals surface area (Å²) in [5.74, 6) is -2.40. The molecule has 0 radical (unpaired) electrons. The minimum atomic E-state index is -4.00. The third-order valence-electron chi connectivity index (χ3n) is 2.75. The minimum Gasteiger partial charge on any atom is -0.480 e. The molecule has 1 atom stereocenters. The lowest BCUT2D eigenvalue weighted by Gasteiger charge is -2.12. The zero-order valence-electron chi connectivity index (χ0n) is 8.84. The molecule has 1 N–H and O–H groups in total. The topological polar surface area (TPSA) is 71.4 Å². The molecule has 1 unspecified atom stereocenters. The van der Waals surface area contributed by atoms with E-state index >= 15 is 0 Å². The second kappa shape index (κ2) is 4.10. The highest BCUT2D eigenvalue weighted by Gasteiger charge is 2.45. The molecule has 1 fully saturated rings. The Morgan fingerprint density at radius 3 is 2.53 bits per heavy atom. The van der Waals surface area contributed by atoms with Crippen molar-refractivity contribution in [3.05, 3.63) is 30.1 Å². The van der Waals surface area contributed by atoms with E-state index in [1.54, 1.807) is 0 Å². The quantitative estimate of drug-likeness (QED) is 0.887. The Kier molecular flexibility index (Phi) is 2.91. The summed E-state index contributed by atoms with van der Waals surface area (Å²) in [7, 11) is -4.00. The van der Waals surface area contributed by atoms with Gasteiger partial charge in [-0.25, -0.2) is 12.8 Å². The number of carboxylic acids is 1. The summed E-state index contributed by atoms with van der Waals surface area (Å²) in [6.45, 7) is 0. The molecule has 0 heterocycles. The number of aliphatic carboxylic acids is 1. The molecule has 0 aliphatic heterocycles. The summed E-state index contributed by atoms with van der Waals surface area (Å²) in [6.07, 6.45) is 1.18. The van der Waals surface area contributed by atoms with Crippen LogP contribution in [0.2, 0.25) is 0 Å². The number of halogens is 1. The van der Waals surface area contributed by atoms with E-state index in [-0.39, 0.29) is 10.8 Å².